The molecule has 0 N–H and O–H groups in total. The fourth-order valence-electron chi connectivity index (χ4n) is 1.68. The molecule has 0 amide bonds. The maximum atomic E-state index is 13.5. The van der Waals surface area contributed by atoms with Crippen molar-refractivity contribution in [3.63, 3.8) is 0 Å². The zero-order chi connectivity index (χ0) is 13.3. The Balaban J connectivity index is 2.44. The van der Waals surface area contributed by atoms with E-state index < -0.39 is 11.6 Å². The first-order valence-electron chi connectivity index (χ1n) is 5.27. The summed E-state index contributed by atoms with van der Waals surface area (Å²) in [6.45, 7) is 0. The molecule has 0 aliphatic rings. The number of nitrogens with zero attached hydrogens (tertiary/aromatic N) is 1. The summed E-state index contributed by atoms with van der Waals surface area (Å²) in [4.78, 5) is 11.9. The molecule has 0 saturated heterocycles. The number of halogens is 3. The van der Waals surface area contributed by atoms with Crippen molar-refractivity contribution in [1.29, 1.82) is 0 Å². The minimum atomic E-state index is -0.534. The average molecular weight is 270 g/mol. The number of hydrogen-bond donors (Lipinski definition) is 0. The molecule has 0 spiro atoms. The lowest BCUT2D eigenvalue weighted by atomic mass is 10.1. The number of hydrogen-bond acceptors (Lipinski definition) is 1. The second-order valence-electron chi connectivity index (χ2n) is 3.96. The molecule has 0 radical (unpaired) electrons. The quantitative estimate of drug-likeness (QED) is 0.769. The van der Waals surface area contributed by atoms with Crippen LogP contribution in [0.15, 0.2) is 35.1 Å². The van der Waals surface area contributed by atoms with Gasteiger partial charge in [-0.15, -0.1) is 0 Å². The third-order valence-corrected chi connectivity index (χ3v) is 3.09. The molecule has 1 aromatic heterocycles. The van der Waals surface area contributed by atoms with Crippen LogP contribution in [-0.4, -0.2) is 4.57 Å². The summed E-state index contributed by atoms with van der Waals surface area (Å²) < 4.78 is 27.7. The molecule has 0 unspecified atom stereocenters. The van der Waals surface area contributed by atoms with Gasteiger partial charge in [-0.2, -0.15) is 0 Å². The lowest BCUT2D eigenvalue weighted by molar-refractivity contribution is 0.588. The lowest BCUT2D eigenvalue weighted by Crippen LogP contribution is -2.21. The van der Waals surface area contributed by atoms with Crippen LogP contribution < -0.4 is 5.56 Å². The van der Waals surface area contributed by atoms with Crippen molar-refractivity contribution in [3.05, 3.63) is 68.6 Å². The zero-order valence-corrected chi connectivity index (χ0v) is 10.3. The fourth-order valence-corrected chi connectivity index (χ4v) is 1.82. The van der Waals surface area contributed by atoms with E-state index in [-0.39, 0.29) is 17.5 Å². The van der Waals surface area contributed by atoms with E-state index in [1.807, 2.05) is 0 Å². The minimum absolute atomic E-state index is 0.0352. The summed E-state index contributed by atoms with van der Waals surface area (Å²) >= 11 is 5.77. The smallest absolute Gasteiger partial charge is 0.254 e. The monoisotopic (exact) mass is 269 g/mol. The molecular formula is C13H10ClF2NO. The Morgan fingerprint density at radius 3 is 2.61 bits per heavy atom. The van der Waals surface area contributed by atoms with E-state index in [1.165, 1.54) is 17.7 Å². The van der Waals surface area contributed by atoms with Gasteiger partial charge in [-0.25, -0.2) is 8.78 Å². The molecule has 2 nitrogen and oxygen atoms in total. The van der Waals surface area contributed by atoms with Crippen LogP contribution in [0.2, 0.25) is 5.15 Å². The van der Waals surface area contributed by atoms with Crippen LogP contribution in [0.5, 0.6) is 0 Å². The van der Waals surface area contributed by atoms with Crippen molar-refractivity contribution in [1.82, 2.24) is 4.57 Å². The highest BCUT2D eigenvalue weighted by atomic mass is 35.5. The van der Waals surface area contributed by atoms with Gasteiger partial charge in [-0.05, 0) is 29.8 Å². The van der Waals surface area contributed by atoms with Gasteiger partial charge in [-0.1, -0.05) is 17.7 Å². The molecule has 5 heteroatoms. The van der Waals surface area contributed by atoms with Gasteiger partial charge in [0.05, 0.1) is 0 Å². The van der Waals surface area contributed by atoms with Gasteiger partial charge in [0.25, 0.3) is 5.56 Å². The van der Waals surface area contributed by atoms with Gasteiger partial charge in [0.1, 0.15) is 16.8 Å². The molecular weight excluding hydrogens is 260 g/mol. The molecule has 1 heterocycles. The highest BCUT2D eigenvalue weighted by Gasteiger charge is 2.09. The third kappa shape index (κ3) is 2.43. The van der Waals surface area contributed by atoms with E-state index in [0.717, 1.165) is 18.2 Å². The second kappa shape index (κ2) is 4.90. The second-order valence-corrected chi connectivity index (χ2v) is 4.35. The Labute approximate surface area is 107 Å². The molecule has 0 fully saturated rings. The summed E-state index contributed by atoms with van der Waals surface area (Å²) in [5.41, 5.74) is 0.201. The Kier molecular flexibility index (Phi) is 3.48. The number of aromatic nitrogens is 1. The van der Waals surface area contributed by atoms with Gasteiger partial charge in [0, 0.05) is 19.0 Å². The van der Waals surface area contributed by atoms with E-state index in [9.17, 15) is 13.6 Å². The summed E-state index contributed by atoms with van der Waals surface area (Å²) in [6, 6.07) is 6.25. The topological polar surface area (TPSA) is 22.0 Å². The fraction of sp³-hybridized carbons (Fsp3) is 0.154. The maximum Gasteiger partial charge on any atom is 0.254 e. The van der Waals surface area contributed by atoms with Gasteiger partial charge >= 0.3 is 0 Å². The molecule has 0 saturated carbocycles. The Morgan fingerprint density at radius 2 is 1.89 bits per heavy atom. The van der Waals surface area contributed by atoms with Crippen molar-refractivity contribution < 1.29 is 8.78 Å². The Morgan fingerprint density at radius 1 is 1.17 bits per heavy atom. The van der Waals surface area contributed by atoms with Crippen LogP contribution in [-0.2, 0) is 13.5 Å². The van der Waals surface area contributed by atoms with Crippen LogP contribution in [0.25, 0.3) is 0 Å². The van der Waals surface area contributed by atoms with Crippen molar-refractivity contribution in [3.8, 4) is 0 Å². The van der Waals surface area contributed by atoms with Crippen molar-refractivity contribution in [2.75, 3.05) is 0 Å². The van der Waals surface area contributed by atoms with Crippen LogP contribution >= 0.6 is 11.6 Å². The Bertz CT molecular complexity index is 652. The van der Waals surface area contributed by atoms with Crippen LogP contribution in [0.1, 0.15) is 11.1 Å². The third-order valence-electron chi connectivity index (χ3n) is 2.71. The van der Waals surface area contributed by atoms with Crippen molar-refractivity contribution in [2.45, 2.75) is 6.42 Å². The van der Waals surface area contributed by atoms with Gasteiger partial charge in [-0.3, -0.25) is 4.79 Å². The van der Waals surface area contributed by atoms with E-state index in [1.54, 1.807) is 6.07 Å². The predicted molar refractivity (Wildman–Crippen MR) is 65.9 cm³/mol. The molecule has 2 rings (SSSR count). The molecule has 18 heavy (non-hydrogen) atoms. The molecule has 2 aromatic rings. The summed E-state index contributed by atoms with van der Waals surface area (Å²) in [5.74, 6) is -1.06. The van der Waals surface area contributed by atoms with Gasteiger partial charge < -0.3 is 4.57 Å². The molecule has 0 bridgehead atoms. The van der Waals surface area contributed by atoms with Gasteiger partial charge in [0.2, 0.25) is 0 Å². The summed E-state index contributed by atoms with van der Waals surface area (Å²) in [7, 11) is 1.52. The first-order valence-corrected chi connectivity index (χ1v) is 5.65. The van der Waals surface area contributed by atoms with Gasteiger partial charge in [0.15, 0.2) is 0 Å². The molecule has 1 aromatic carbocycles. The highest BCUT2D eigenvalue weighted by Crippen LogP contribution is 2.14. The van der Waals surface area contributed by atoms with Crippen LogP contribution in [0.4, 0.5) is 8.78 Å². The standard InChI is InChI=1S/C13H10ClF2NO/c1-17-12(14)5-2-8(13(17)18)6-9-7-10(15)3-4-11(9)16/h2-5,7H,6H2,1H3. The minimum Gasteiger partial charge on any atom is -0.302 e. The van der Waals surface area contributed by atoms with E-state index in [0.29, 0.717) is 10.7 Å². The number of rotatable bonds is 2. The average Bonchev–Trinajstić information content (AvgIpc) is 2.34. The summed E-state index contributed by atoms with van der Waals surface area (Å²) in [6.07, 6.45) is 0.0352. The summed E-state index contributed by atoms with van der Waals surface area (Å²) in [5, 5.41) is 0.295. The van der Waals surface area contributed by atoms with Crippen molar-refractivity contribution in [2.24, 2.45) is 7.05 Å². The molecule has 0 atom stereocenters. The maximum absolute atomic E-state index is 13.5. The van der Waals surface area contributed by atoms with Crippen LogP contribution in [0, 0.1) is 11.6 Å². The number of benzene rings is 1. The van der Waals surface area contributed by atoms with E-state index in [4.69, 9.17) is 11.6 Å². The van der Waals surface area contributed by atoms with E-state index >= 15 is 0 Å². The lowest BCUT2D eigenvalue weighted by Gasteiger charge is -2.06. The van der Waals surface area contributed by atoms with Crippen molar-refractivity contribution >= 4 is 11.6 Å². The predicted octanol–water partition coefficient (Wildman–Crippen LogP) is 2.91. The molecule has 0 aliphatic heterocycles. The Hall–Kier alpha value is -1.68. The van der Waals surface area contributed by atoms with Crippen LogP contribution in [0.3, 0.4) is 0 Å². The molecule has 0 aliphatic carbocycles. The zero-order valence-electron chi connectivity index (χ0n) is 9.58. The SMILES string of the molecule is Cn1c(Cl)ccc(Cc2cc(F)ccc2F)c1=O. The normalized spacial score (nSPS) is 10.7. The highest BCUT2D eigenvalue weighted by molar-refractivity contribution is 6.29. The van der Waals surface area contributed by atoms with E-state index in [2.05, 4.69) is 0 Å². The number of pyridine rings is 1. The first-order chi connectivity index (χ1) is 8.49. The largest absolute Gasteiger partial charge is 0.302 e. The first kappa shape index (κ1) is 12.8. The molecule has 94 valence electrons.